The molecule has 0 N–H and O–H groups in total. The predicted octanol–water partition coefficient (Wildman–Crippen LogP) is 21.6. The second-order valence-corrected chi connectivity index (χ2v) is 40.8. The third-order valence-electron chi connectivity index (χ3n) is 21.1. The van der Waals surface area contributed by atoms with E-state index in [-0.39, 0.29) is 69.8 Å². The number of morpholine rings is 4. The maximum absolute atomic E-state index is 12.4. The van der Waals surface area contributed by atoms with E-state index in [1.807, 2.05) is 117 Å². The molecule has 0 bridgehead atoms. The van der Waals surface area contributed by atoms with Gasteiger partial charge in [0, 0.05) is 80.1 Å². The van der Waals surface area contributed by atoms with Crippen molar-refractivity contribution in [2.45, 2.75) is 110 Å². The molecule has 20 rings (SSSR count). The Morgan fingerprint density at radius 2 is 0.364 bits per heavy atom. The lowest BCUT2D eigenvalue weighted by Gasteiger charge is -2.25. The number of rotatable bonds is 20. The summed E-state index contributed by atoms with van der Waals surface area (Å²) in [6.45, 7) is 9.31. The SMILES string of the molecule is CC(F)(F)COC(=O)CN1CCOCC1.CC(F)(F)COC(=O)CN1CCOCC1.CC(F)(F)COC(=O)CN1CCOCC1.CC(F)(F)COC(=O)CN1CCOCC1.c1ccc([S+]2c3ccccc3Oc3ccccc32)cc1.c1ccc([S+]2c3ccccc3Oc3ccccc32)cc1.c1ccc([S+]2c3ccccc3Oc3ccccc32)cc1.c1ccc([S+]2c3ccccc3Oc3ccccc32)cc1. The molecule has 8 aliphatic heterocycles. The maximum atomic E-state index is 12.4. The summed E-state index contributed by atoms with van der Waals surface area (Å²) in [6.07, 6.45) is 0. The van der Waals surface area contributed by atoms with E-state index >= 15 is 0 Å². The molecule has 12 aromatic rings. The zero-order chi connectivity index (χ0) is 98.7. The fourth-order valence-corrected chi connectivity index (χ4v) is 23.5. The third-order valence-corrected chi connectivity index (χ3v) is 30.3. The zero-order valence-electron chi connectivity index (χ0n) is 78.0. The minimum atomic E-state index is -2.96. The molecule has 32 heteroatoms. The van der Waals surface area contributed by atoms with Gasteiger partial charge in [0.1, 0.15) is 43.6 Å². The number of para-hydroxylation sites is 8. The number of halogens is 8. The third kappa shape index (κ3) is 33.2. The van der Waals surface area contributed by atoms with Gasteiger partial charge in [-0.05, 0) is 146 Å². The minimum Gasteiger partial charge on any atom is -0.458 e. The Bertz CT molecular complexity index is 5000. The molecular formula is C108H112F8N4O16S4+4. The van der Waals surface area contributed by atoms with Crippen molar-refractivity contribution in [1.29, 1.82) is 0 Å². The van der Waals surface area contributed by atoms with Crippen molar-refractivity contribution < 1.29 is 111 Å². The molecule has 0 saturated carbocycles. The van der Waals surface area contributed by atoms with Gasteiger partial charge in [-0.2, -0.15) is 0 Å². The summed E-state index contributed by atoms with van der Waals surface area (Å²) in [5.74, 6) is -6.52. The predicted molar refractivity (Wildman–Crippen MR) is 522 cm³/mol. The number of esters is 4. The second-order valence-electron chi connectivity index (χ2n) is 32.9. The van der Waals surface area contributed by atoms with Gasteiger partial charge in [-0.15, -0.1) is 0 Å². The molecule has 8 aliphatic rings. The van der Waals surface area contributed by atoms with Gasteiger partial charge in [0.25, 0.3) is 23.7 Å². The van der Waals surface area contributed by atoms with Crippen LogP contribution in [0.4, 0.5) is 35.1 Å². The van der Waals surface area contributed by atoms with Crippen LogP contribution < -0.4 is 18.9 Å². The van der Waals surface area contributed by atoms with E-state index in [9.17, 15) is 54.3 Å². The van der Waals surface area contributed by atoms with Gasteiger partial charge in [0.05, 0.1) is 79.0 Å². The fourth-order valence-electron chi connectivity index (χ4n) is 14.6. The van der Waals surface area contributed by atoms with Crippen molar-refractivity contribution in [3.63, 3.8) is 0 Å². The molecule has 0 spiro atoms. The van der Waals surface area contributed by atoms with Crippen molar-refractivity contribution >= 4 is 67.5 Å². The van der Waals surface area contributed by atoms with E-state index in [0.29, 0.717) is 105 Å². The second kappa shape index (κ2) is 52.7. The van der Waals surface area contributed by atoms with Crippen LogP contribution in [0.5, 0.6) is 46.0 Å². The van der Waals surface area contributed by atoms with Gasteiger partial charge in [-0.1, -0.05) is 170 Å². The molecule has 8 heterocycles. The Morgan fingerprint density at radius 3 is 0.507 bits per heavy atom. The first-order chi connectivity index (χ1) is 67.6. The van der Waals surface area contributed by atoms with E-state index < -0.39 is 74.0 Å². The Morgan fingerprint density at radius 1 is 0.229 bits per heavy atom. The fraction of sp³-hybridized carbons (Fsp3) is 0.296. The van der Waals surface area contributed by atoms with Crippen LogP contribution in [0.15, 0.2) is 374 Å². The van der Waals surface area contributed by atoms with Gasteiger partial charge < -0.3 is 56.8 Å². The highest BCUT2D eigenvalue weighted by atomic mass is 32.2. The van der Waals surface area contributed by atoms with Gasteiger partial charge >= 0.3 is 23.9 Å². The molecule has 20 nitrogen and oxygen atoms in total. The molecular weight excluding hydrogens is 1890 g/mol. The highest BCUT2D eigenvalue weighted by Crippen LogP contribution is 2.51. The Kier molecular flexibility index (Phi) is 39.7. The topological polar surface area (TPSA) is 192 Å². The summed E-state index contributed by atoms with van der Waals surface area (Å²) in [4.78, 5) is 67.2. The van der Waals surface area contributed by atoms with Crippen LogP contribution in [-0.4, -0.2) is 225 Å². The van der Waals surface area contributed by atoms with Gasteiger partial charge in [0.2, 0.25) is 39.2 Å². The Balaban J connectivity index is 0.000000135. The molecule has 0 atom stereocenters. The van der Waals surface area contributed by atoms with Crippen LogP contribution in [0.2, 0.25) is 0 Å². The molecule has 4 saturated heterocycles. The molecule has 4 fully saturated rings. The van der Waals surface area contributed by atoms with Crippen LogP contribution >= 0.6 is 0 Å². The number of fused-ring (bicyclic) bond motifs is 8. The summed E-state index contributed by atoms with van der Waals surface area (Å²) >= 11 is 0. The first-order valence-corrected chi connectivity index (χ1v) is 50.5. The van der Waals surface area contributed by atoms with Crippen LogP contribution in [0.3, 0.4) is 0 Å². The molecule has 0 amide bonds. The van der Waals surface area contributed by atoms with E-state index in [1.165, 1.54) is 58.7 Å². The summed E-state index contributed by atoms with van der Waals surface area (Å²) in [5, 5.41) is 0. The molecule has 0 unspecified atom stereocenters. The van der Waals surface area contributed by atoms with Crippen molar-refractivity contribution in [2.75, 3.05) is 158 Å². The number of ether oxygens (including phenoxy) is 12. The molecule has 736 valence electrons. The lowest BCUT2D eigenvalue weighted by atomic mass is 10.3. The van der Waals surface area contributed by atoms with Crippen molar-refractivity contribution in [3.05, 3.63) is 315 Å². The largest absolute Gasteiger partial charge is 0.458 e. The maximum Gasteiger partial charge on any atom is 0.320 e. The van der Waals surface area contributed by atoms with Crippen molar-refractivity contribution in [1.82, 2.24) is 19.6 Å². The summed E-state index contributed by atoms with van der Waals surface area (Å²) < 4.78 is 161. The van der Waals surface area contributed by atoms with Crippen LogP contribution in [0.1, 0.15) is 27.7 Å². The van der Waals surface area contributed by atoms with Crippen LogP contribution in [0.25, 0.3) is 0 Å². The number of carbonyl (C=O) groups is 4. The molecule has 0 aromatic heterocycles. The van der Waals surface area contributed by atoms with E-state index in [1.54, 1.807) is 0 Å². The van der Waals surface area contributed by atoms with Crippen molar-refractivity contribution in [3.8, 4) is 46.0 Å². The highest BCUT2D eigenvalue weighted by molar-refractivity contribution is 7.98. The summed E-state index contributed by atoms with van der Waals surface area (Å²) in [7, 11) is -0.332. The lowest BCUT2D eigenvalue weighted by molar-refractivity contribution is -0.156. The van der Waals surface area contributed by atoms with E-state index in [2.05, 4.69) is 237 Å². The zero-order valence-corrected chi connectivity index (χ0v) is 81.2. The van der Waals surface area contributed by atoms with Crippen LogP contribution in [-0.2, 0) is 101 Å². The number of hydrogen-bond donors (Lipinski definition) is 0. The number of alkyl halides is 8. The minimum absolute atomic E-state index is 0.0550. The van der Waals surface area contributed by atoms with Gasteiger partial charge in [-0.25, -0.2) is 35.1 Å². The quantitative estimate of drug-likeness (QED) is 0.0302. The molecule has 0 aliphatic carbocycles. The number of benzene rings is 12. The average molecular weight is 2000 g/mol. The lowest BCUT2D eigenvalue weighted by Crippen LogP contribution is -2.40. The number of nitrogens with zero attached hydrogens (tertiary/aromatic N) is 4. The smallest absolute Gasteiger partial charge is 0.320 e. The summed E-state index contributed by atoms with van der Waals surface area (Å²) in [5.41, 5.74) is 0. The average Bonchev–Trinajstić information content (AvgIpc) is 0.777. The van der Waals surface area contributed by atoms with E-state index in [4.69, 9.17) is 37.9 Å². The Labute approximate surface area is 822 Å². The molecule has 140 heavy (non-hydrogen) atoms. The molecule has 12 aromatic carbocycles. The normalized spacial score (nSPS) is 15.6. The number of hydrogen-bond acceptors (Lipinski definition) is 20. The Hall–Kier alpha value is -11.8. The standard InChI is InChI=1S/4C18H13OS.4C9H15F2NO3/c4*1-2-8-14(9-3-1)20-17-12-6-4-10-15(17)19-16-11-5-7-13-18(16)20;4*1-9(10,11)7-15-8(13)6-12-2-4-14-5-3-12/h4*1-13H;4*2-7H2,1H3/q4*+1;;;;. The van der Waals surface area contributed by atoms with Crippen LogP contribution in [0, 0.1) is 0 Å². The van der Waals surface area contributed by atoms with E-state index in [0.717, 1.165) is 73.7 Å². The summed E-state index contributed by atoms with van der Waals surface area (Å²) in [6, 6.07) is 109. The van der Waals surface area contributed by atoms with Crippen molar-refractivity contribution in [2.24, 2.45) is 0 Å². The highest BCUT2D eigenvalue weighted by Gasteiger charge is 2.44. The number of carbonyl (C=O) groups excluding carboxylic acids is 4. The van der Waals surface area contributed by atoms with Gasteiger partial charge in [0.15, 0.2) is 92.0 Å². The first-order valence-electron chi connectivity index (χ1n) is 45.6. The first kappa shape index (κ1) is 106. The molecule has 0 radical (unpaired) electrons. The monoisotopic (exact) mass is 2000 g/mol. The van der Waals surface area contributed by atoms with Gasteiger partial charge in [-0.3, -0.25) is 38.8 Å².